The molecule has 0 aliphatic rings. The first kappa shape index (κ1) is 18.6. The Morgan fingerprint density at radius 3 is 2.50 bits per heavy atom. The summed E-state index contributed by atoms with van der Waals surface area (Å²) in [6, 6.07) is 13.1. The second kappa shape index (κ2) is 8.49. The van der Waals surface area contributed by atoms with Gasteiger partial charge < -0.3 is 4.74 Å². The maximum Gasteiger partial charge on any atom is 0.270 e. The number of methoxy groups -OCH3 is 1. The van der Waals surface area contributed by atoms with E-state index >= 15 is 0 Å². The number of aromatic nitrogens is 3. The van der Waals surface area contributed by atoms with Gasteiger partial charge in [0.15, 0.2) is 0 Å². The minimum Gasteiger partial charge on any atom is -0.497 e. The first-order valence-corrected chi connectivity index (χ1v) is 8.05. The van der Waals surface area contributed by atoms with Crippen LogP contribution in [0.25, 0.3) is 0 Å². The van der Waals surface area contributed by atoms with Gasteiger partial charge in [0, 0.05) is 19.2 Å². The standard InChI is InChI=1S/C17H16N8O3/c1-23-17(21-22-20-14-5-7-15(8-6-14)25(26)27)24(12-19-23)18-11-13-3-9-16(28-2)10-4-13/h3-12H,1-2H3/b18-11+,21-17-,22-20?. The van der Waals surface area contributed by atoms with Gasteiger partial charge in [0.25, 0.3) is 11.3 Å². The molecule has 28 heavy (non-hydrogen) atoms. The summed E-state index contributed by atoms with van der Waals surface area (Å²) in [7, 11) is 3.30. The van der Waals surface area contributed by atoms with Crippen LogP contribution in [0.15, 0.2) is 75.4 Å². The lowest BCUT2D eigenvalue weighted by Crippen LogP contribution is -2.21. The van der Waals surface area contributed by atoms with E-state index in [4.69, 9.17) is 4.74 Å². The molecule has 0 fully saturated rings. The molecule has 0 N–H and O–H groups in total. The third-order valence-electron chi connectivity index (χ3n) is 3.63. The van der Waals surface area contributed by atoms with Gasteiger partial charge in [-0.1, -0.05) is 5.10 Å². The summed E-state index contributed by atoms with van der Waals surface area (Å²) in [5, 5.41) is 30.7. The van der Waals surface area contributed by atoms with Crippen LogP contribution in [0, 0.1) is 10.1 Å². The van der Waals surface area contributed by atoms with Gasteiger partial charge in [-0.05, 0) is 47.2 Å². The summed E-state index contributed by atoms with van der Waals surface area (Å²) >= 11 is 0. The maximum atomic E-state index is 10.7. The van der Waals surface area contributed by atoms with Crippen molar-refractivity contribution in [1.82, 2.24) is 14.5 Å². The smallest absolute Gasteiger partial charge is 0.270 e. The number of aryl methyl sites for hydroxylation is 1. The van der Waals surface area contributed by atoms with E-state index in [1.54, 1.807) is 20.4 Å². The van der Waals surface area contributed by atoms with E-state index in [-0.39, 0.29) is 5.69 Å². The molecule has 0 unspecified atom stereocenters. The zero-order valence-electron chi connectivity index (χ0n) is 15.1. The lowest BCUT2D eigenvalue weighted by Gasteiger charge is -1.98. The lowest BCUT2D eigenvalue weighted by molar-refractivity contribution is -0.384. The third kappa shape index (κ3) is 4.52. The number of benzene rings is 2. The van der Waals surface area contributed by atoms with Gasteiger partial charge in [0.05, 0.1) is 23.9 Å². The number of nitro benzene ring substituents is 1. The molecule has 0 radical (unpaired) electrons. The average Bonchev–Trinajstić information content (AvgIpc) is 3.07. The van der Waals surface area contributed by atoms with Crippen molar-refractivity contribution in [2.24, 2.45) is 27.6 Å². The summed E-state index contributed by atoms with van der Waals surface area (Å²) in [6.07, 6.45) is 3.13. The number of nitrogens with zero attached hydrogens (tertiary/aromatic N) is 8. The molecule has 0 bridgehead atoms. The number of nitro groups is 1. The van der Waals surface area contributed by atoms with E-state index in [1.165, 1.54) is 40.0 Å². The SMILES string of the molecule is COc1ccc(/C=N/n2cnn(C)/c2=N/N=Nc2ccc([N+](=O)[O-])cc2)cc1. The fourth-order valence-corrected chi connectivity index (χ4v) is 2.14. The summed E-state index contributed by atoms with van der Waals surface area (Å²) in [5.41, 5.74) is 1.63. The zero-order chi connectivity index (χ0) is 19.9. The van der Waals surface area contributed by atoms with Crippen molar-refractivity contribution >= 4 is 17.6 Å². The van der Waals surface area contributed by atoms with Crippen molar-refractivity contribution in [2.45, 2.75) is 0 Å². The van der Waals surface area contributed by atoms with Crippen molar-refractivity contribution in [3.63, 3.8) is 0 Å². The summed E-state index contributed by atoms with van der Waals surface area (Å²) in [4.78, 5) is 10.2. The minimum atomic E-state index is -0.481. The second-order valence-electron chi connectivity index (χ2n) is 5.48. The predicted octanol–water partition coefficient (Wildman–Crippen LogP) is 2.62. The highest BCUT2D eigenvalue weighted by Crippen LogP contribution is 2.18. The summed E-state index contributed by atoms with van der Waals surface area (Å²) in [6.45, 7) is 0. The minimum absolute atomic E-state index is 0.0202. The number of hydrogen-bond donors (Lipinski definition) is 0. The molecular weight excluding hydrogens is 364 g/mol. The van der Waals surface area contributed by atoms with Gasteiger partial charge in [-0.25, -0.2) is 4.68 Å². The molecule has 0 amide bonds. The molecule has 11 nitrogen and oxygen atoms in total. The molecular formula is C17H16N8O3. The van der Waals surface area contributed by atoms with E-state index in [1.807, 2.05) is 24.3 Å². The van der Waals surface area contributed by atoms with E-state index in [2.05, 4.69) is 25.6 Å². The first-order chi connectivity index (χ1) is 13.6. The number of rotatable bonds is 6. The number of hydrogen-bond acceptors (Lipinski definition) is 7. The van der Waals surface area contributed by atoms with Crippen LogP contribution in [-0.2, 0) is 7.05 Å². The largest absolute Gasteiger partial charge is 0.497 e. The molecule has 0 saturated carbocycles. The van der Waals surface area contributed by atoms with Crippen molar-refractivity contribution in [2.75, 3.05) is 7.11 Å². The Balaban J connectivity index is 1.79. The molecule has 0 saturated heterocycles. The van der Waals surface area contributed by atoms with E-state index in [0.29, 0.717) is 11.3 Å². The molecule has 11 heteroatoms. The van der Waals surface area contributed by atoms with Gasteiger partial charge in [-0.2, -0.15) is 14.9 Å². The Labute approximate surface area is 159 Å². The van der Waals surface area contributed by atoms with Crippen LogP contribution in [0.3, 0.4) is 0 Å². The predicted molar refractivity (Wildman–Crippen MR) is 100 cm³/mol. The van der Waals surface area contributed by atoms with Crippen LogP contribution in [-0.4, -0.2) is 32.7 Å². The topological polar surface area (TPSA) is 125 Å². The Morgan fingerprint density at radius 2 is 1.86 bits per heavy atom. The van der Waals surface area contributed by atoms with Crippen LogP contribution in [0.4, 0.5) is 11.4 Å². The fraction of sp³-hybridized carbons (Fsp3) is 0.118. The third-order valence-corrected chi connectivity index (χ3v) is 3.63. The molecule has 2 aromatic carbocycles. The van der Waals surface area contributed by atoms with Crippen molar-refractivity contribution in [3.8, 4) is 5.75 Å². The van der Waals surface area contributed by atoms with Crippen LogP contribution >= 0.6 is 0 Å². The quantitative estimate of drug-likeness (QED) is 0.282. The Hall–Kier alpha value is -4.15. The molecule has 1 heterocycles. The van der Waals surface area contributed by atoms with Gasteiger partial charge in [0.2, 0.25) is 0 Å². The van der Waals surface area contributed by atoms with Crippen LogP contribution in [0.2, 0.25) is 0 Å². The molecule has 3 aromatic rings. The maximum absolute atomic E-state index is 10.7. The highest BCUT2D eigenvalue weighted by Gasteiger charge is 2.03. The van der Waals surface area contributed by atoms with E-state index in [0.717, 1.165) is 11.3 Å². The van der Waals surface area contributed by atoms with E-state index < -0.39 is 4.92 Å². The second-order valence-corrected chi connectivity index (χ2v) is 5.48. The van der Waals surface area contributed by atoms with E-state index in [9.17, 15) is 10.1 Å². The van der Waals surface area contributed by atoms with Gasteiger partial charge in [-0.15, -0.1) is 5.11 Å². The Kier molecular flexibility index (Phi) is 5.65. The Morgan fingerprint density at radius 1 is 1.14 bits per heavy atom. The molecule has 0 atom stereocenters. The number of non-ortho nitro benzene ring substituents is 1. The molecule has 0 spiro atoms. The summed E-state index contributed by atoms with van der Waals surface area (Å²) < 4.78 is 8.05. The molecule has 142 valence electrons. The van der Waals surface area contributed by atoms with Crippen molar-refractivity contribution in [1.29, 1.82) is 0 Å². The highest BCUT2D eigenvalue weighted by atomic mass is 16.6. The fourth-order valence-electron chi connectivity index (χ4n) is 2.14. The highest BCUT2D eigenvalue weighted by molar-refractivity contribution is 5.79. The Bertz CT molecular complexity index is 1080. The molecule has 0 aliphatic carbocycles. The molecule has 3 rings (SSSR count). The zero-order valence-corrected chi connectivity index (χ0v) is 15.1. The van der Waals surface area contributed by atoms with Crippen molar-refractivity contribution < 1.29 is 9.66 Å². The van der Waals surface area contributed by atoms with Gasteiger partial charge in [0.1, 0.15) is 12.1 Å². The lowest BCUT2D eigenvalue weighted by atomic mass is 10.2. The van der Waals surface area contributed by atoms with Crippen LogP contribution in [0.1, 0.15) is 5.56 Å². The molecule has 0 aliphatic heterocycles. The molecule has 1 aromatic heterocycles. The van der Waals surface area contributed by atoms with Crippen molar-refractivity contribution in [3.05, 3.63) is 76.2 Å². The number of ether oxygens (including phenoxy) is 1. The van der Waals surface area contributed by atoms with Gasteiger partial charge in [-0.3, -0.25) is 10.1 Å². The first-order valence-electron chi connectivity index (χ1n) is 8.05. The summed E-state index contributed by atoms with van der Waals surface area (Å²) in [5.74, 6) is 0.758. The van der Waals surface area contributed by atoms with Gasteiger partial charge >= 0.3 is 0 Å². The normalized spacial score (nSPS) is 12.1. The monoisotopic (exact) mass is 380 g/mol. The van der Waals surface area contributed by atoms with Crippen LogP contribution < -0.4 is 10.4 Å². The average molecular weight is 380 g/mol. The van der Waals surface area contributed by atoms with Crippen LogP contribution in [0.5, 0.6) is 5.75 Å².